The summed E-state index contributed by atoms with van der Waals surface area (Å²) in [4.78, 5) is 39.3. The fourth-order valence-corrected chi connectivity index (χ4v) is 4.54. The van der Waals surface area contributed by atoms with E-state index in [2.05, 4.69) is 5.32 Å². The lowest BCUT2D eigenvalue weighted by Gasteiger charge is -2.37. The Balaban J connectivity index is 1.86. The van der Waals surface area contributed by atoms with Crippen molar-refractivity contribution in [1.29, 1.82) is 0 Å². The molecule has 1 saturated heterocycles. The van der Waals surface area contributed by atoms with Crippen molar-refractivity contribution in [2.24, 2.45) is 0 Å². The molecule has 2 heterocycles. The van der Waals surface area contributed by atoms with Gasteiger partial charge in [-0.15, -0.1) is 0 Å². The van der Waals surface area contributed by atoms with E-state index in [4.69, 9.17) is 4.74 Å². The number of hydrogen-bond donors (Lipinski definition) is 1. The van der Waals surface area contributed by atoms with Gasteiger partial charge in [0.1, 0.15) is 0 Å². The van der Waals surface area contributed by atoms with E-state index in [0.29, 0.717) is 60.7 Å². The number of rotatable bonds is 3. The molecule has 1 aliphatic carbocycles. The van der Waals surface area contributed by atoms with Crippen LogP contribution >= 0.6 is 0 Å². The second-order valence-corrected chi connectivity index (χ2v) is 7.97. The van der Waals surface area contributed by atoms with Gasteiger partial charge in [-0.2, -0.15) is 0 Å². The lowest BCUT2D eigenvalue weighted by molar-refractivity contribution is -0.385. The largest absolute Gasteiger partial charge is 0.378 e. The topological polar surface area (TPSA) is 102 Å². The number of benzene rings is 1. The molecule has 1 unspecified atom stereocenters. The average Bonchev–Trinajstić information content (AvgIpc) is 2.73. The molecule has 0 bridgehead atoms. The van der Waals surface area contributed by atoms with Gasteiger partial charge >= 0.3 is 0 Å². The molecule has 8 nitrogen and oxygen atoms in total. The zero-order valence-corrected chi connectivity index (χ0v) is 17.2. The fourth-order valence-electron chi connectivity index (χ4n) is 4.54. The van der Waals surface area contributed by atoms with Crippen LogP contribution in [0.4, 0.5) is 5.69 Å². The van der Waals surface area contributed by atoms with Crippen molar-refractivity contribution in [1.82, 2.24) is 10.2 Å². The number of aryl methyl sites for hydroxylation is 1. The molecule has 2 aliphatic heterocycles. The third kappa shape index (κ3) is 3.52. The molecule has 30 heavy (non-hydrogen) atoms. The SMILES string of the molecule is CC1=C(C(=O)N2CCOCC2)C(c2ccc(C)c([N+](=O)[O-])c2)C2=C(CCCC2=O)N1. The molecule has 0 radical (unpaired) electrons. The molecule has 4 rings (SSSR count). The van der Waals surface area contributed by atoms with Gasteiger partial charge < -0.3 is 15.0 Å². The summed E-state index contributed by atoms with van der Waals surface area (Å²) in [5.41, 5.74) is 3.73. The number of ketones is 1. The number of dihydropyridines is 1. The maximum absolute atomic E-state index is 13.5. The van der Waals surface area contributed by atoms with Crippen molar-refractivity contribution < 1.29 is 19.2 Å². The smallest absolute Gasteiger partial charge is 0.272 e. The number of hydrogen-bond acceptors (Lipinski definition) is 6. The van der Waals surface area contributed by atoms with Crippen LogP contribution in [0.15, 0.2) is 40.7 Å². The Morgan fingerprint density at radius 1 is 1.23 bits per heavy atom. The number of carbonyl (C=O) groups is 2. The van der Waals surface area contributed by atoms with Gasteiger partial charge in [0, 0.05) is 59.6 Å². The highest BCUT2D eigenvalue weighted by Crippen LogP contribution is 2.43. The molecule has 0 aromatic heterocycles. The average molecular weight is 411 g/mol. The van der Waals surface area contributed by atoms with Crippen LogP contribution in [0.2, 0.25) is 0 Å². The number of ether oxygens (including phenoxy) is 1. The third-order valence-corrected chi connectivity index (χ3v) is 6.07. The summed E-state index contributed by atoms with van der Waals surface area (Å²) in [6.07, 6.45) is 1.90. The molecular formula is C22H25N3O5. The normalized spacial score (nSPS) is 22.0. The van der Waals surface area contributed by atoms with E-state index >= 15 is 0 Å². The summed E-state index contributed by atoms with van der Waals surface area (Å²) in [6, 6.07) is 5.00. The summed E-state index contributed by atoms with van der Waals surface area (Å²) in [7, 11) is 0. The van der Waals surface area contributed by atoms with Crippen molar-refractivity contribution in [3.63, 3.8) is 0 Å². The fraction of sp³-hybridized carbons (Fsp3) is 0.455. The van der Waals surface area contributed by atoms with Gasteiger partial charge in [-0.3, -0.25) is 19.7 Å². The van der Waals surface area contributed by atoms with Gasteiger partial charge in [0.2, 0.25) is 0 Å². The minimum atomic E-state index is -0.608. The molecule has 3 aliphatic rings. The number of nitrogens with zero attached hydrogens (tertiary/aromatic N) is 2. The summed E-state index contributed by atoms with van der Waals surface area (Å²) in [5, 5.41) is 14.8. The first kappa shape index (κ1) is 20.3. The first-order valence-electron chi connectivity index (χ1n) is 10.2. The quantitative estimate of drug-likeness (QED) is 0.606. The Bertz CT molecular complexity index is 988. The number of amides is 1. The summed E-state index contributed by atoms with van der Waals surface area (Å²) < 4.78 is 5.37. The van der Waals surface area contributed by atoms with E-state index in [-0.39, 0.29) is 17.4 Å². The first-order valence-corrected chi connectivity index (χ1v) is 10.2. The molecule has 1 N–H and O–H groups in total. The molecule has 0 saturated carbocycles. The van der Waals surface area contributed by atoms with Crippen LogP contribution < -0.4 is 5.32 Å². The van der Waals surface area contributed by atoms with Crippen LogP contribution in [0.3, 0.4) is 0 Å². The summed E-state index contributed by atoms with van der Waals surface area (Å²) >= 11 is 0. The highest BCUT2D eigenvalue weighted by molar-refractivity contribution is 6.05. The van der Waals surface area contributed by atoms with E-state index in [1.54, 1.807) is 24.0 Å². The molecule has 1 atom stereocenters. The van der Waals surface area contributed by atoms with E-state index < -0.39 is 10.8 Å². The zero-order valence-electron chi connectivity index (χ0n) is 17.2. The third-order valence-electron chi connectivity index (χ3n) is 6.07. The maximum Gasteiger partial charge on any atom is 0.272 e. The van der Waals surface area contributed by atoms with Crippen molar-refractivity contribution in [3.8, 4) is 0 Å². The van der Waals surface area contributed by atoms with E-state index in [0.717, 1.165) is 18.5 Å². The van der Waals surface area contributed by atoms with Crippen molar-refractivity contribution >= 4 is 17.4 Å². The highest BCUT2D eigenvalue weighted by atomic mass is 16.6. The van der Waals surface area contributed by atoms with Gasteiger partial charge in [0.25, 0.3) is 11.6 Å². The first-order chi connectivity index (χ1) is 14.4. The number of nitro benzene ring substituents is 1. The number of nitro groups is 1. The van der Waals surface area contributed by atoms with Crippen molar-refractivity contribution in [2.45, 2.75) is 39.0 Å². The summed E-state index contributed by atoms with van der Waals surface area (Å²) in [6.45, 7) is 5.43. The molecule has 1 aromatic rings. The molecule has 8 heteroatoms. The van der Waals surface area contributed by atoms with E-state index in [1.807, 2.05) is 6.92 Å². The monoisotopic (exact) mass is 411 g/mol. The number of nitrogens with one attached hydrogen (secondary N) is 1. The molecule has 1 amide bonds. The summed E-state index contributed by atoms with van der Waals surface area (Å²) in [5.74, 6) is -0.762. The van der Waals surface area contributed by atoms with Crippen LogP contribution in [0, 0.1) is 17.0 Å². The maximum atomic E-state index is 13.5. The Morgan fingerprint density at radius 2 is 1.97 bits per heavy atom. The number of allylic oxidation sites excluding steroid dienone is 3. The predicted octanol–water partition coefficient (Wildman–Crippen LogP) is 2.73. The van der Waals surface area contributed by atoms with Crippen LogP contribution in [-0.4, -0.2) is 47.8 Å². The Labute approximate surface area is 174 Å². The number of carbonyl (C=O) groups excluding carboxylic acids is 2. The Hall–Kier alpha value is -3.00. The molecule has 1 aromatic carbocycles. The predicted molar refractivity (Wildman–Crippen MR) is 110 cm³/mol. The molecule has 0 spiro atoms. The standard InChI is InChI=1S/C22H25N3O5/c1-13-6-7-15(12-17(13)25(28)29)20-19(22(27)24-8-10-30-11-9-24)14(2)23-16-4-3-5-18(26)21(16)20/h6-7,12,20,23H,3-5,8-11H2,1-2H3. The number of Topliss-reactive ketones (excluding diaryl/α,β-unsaturated/α-hetero) is 1. The van der Waals surface area contributed by atoms with E-state index in [1.165, 1.54) is 6.07 Å². The highest BCUT2D eigenvalue weighted by Gasteiger charge is 2.40. The van der Waals surface area contributed by atoms with Crippen LogP contribution in [0.5, 0.6) is 0 Å². The van der Waals surface area contributed by atoms with E-state index in [9.17, 15) is 19.7 Å². The number of morpholine rings is 1. The Kier molecular flexibility index (Phi) is 5.42. The minimum absolute atomic E-state index is 0.00300. The lowest BCUT2D eigenvalue weighted by atomic mass is 9.74. The molecular weight excluding hydrogens is 386 g/mol. The minimum Gasteiger partial charge on any atom is -0.378 e. The van der Waals surface area contributed by atoms with Gasteiger partial charge in [0.15, 0.2) is 5.78 Å². The van der Waals surface area contributed by atoms with Gasteiger partial charge in [-0.1, -0.05) is 12.1 Å². The van der Waals surface area contributed by atoms with Crippen molar-refractivity contribution in [2.75, 3.05) is 26.3 Å². The second-order valence-electron chi connectivity index (χ2n) is 7.97. The van der Waals surface area contributed by atoms with Gasteiger partial charge in [-0.05, 0) is 32.3 Å². The lowest BCUT2D eigenvalue weighted by Crippen LogP contribution is -2.44. The van der Waals surface area contributed by atoms with Gasteiger partial charge in [-0.25, -0.2) is 0 Å². The zero-order chi connectivity index (χ0) is 21.4. The Morgan fingerprint density at radius 3 is 2.67 bits per heavy atom. The van der Waals surface area contributed by atoms with Crippen LogP contribution in [0.1, 0.15) is 43.2 Å². The molecule has 1 fully saturated rings. The van der Waals surface area contributed by atoms with Crippen LogP contribution in [0.25, 0.3) is 0 Å². The van der Waals surface area contributed by atoms with Gasteiger partial charge in [0.05, 0.1) is 18.1 Å². The molecule has 158 valence electrons. The van der Waals surface area contributed by atoms with Crippen LogP contribution in [-0.2, 0) is 14.3 Å². The van der Waals surface area contributed by atoms with Crippen molar-refractivity contribution in [3.05, 3.63) is 62.0 Å². The second kappa shape index (κ2) is 8.02.